The third kappa shape index (κ3) is 1.41. The van der Waals surface area contributed by atoms with Gasteiger partial charge in [0, 0.05) is 11.8 Å². The lowest BCUT2D eigenvalue weighted by Gasteiger charge is -2.34. The average Bonchev–Trinajstić information content (AvgIpc) is 2.89. The van der Waals surface area contributed by atoms with E-state index in [9.17, 15) is 0 Å². The van der Waals surface area contributed by atoms with Crippen molar-refractivity contribution in [2.75, 3.05) is 13.2 Å². The fourth-order valence-corrected chi connectivity index (χ4v) is 2.42. The second kappa shape index (κ2) is 3.67. The normalized spacial score (nSPS) is 27.5. The molecule has 0 unspecified atom stereocenters. The first-order chi connectivity index (χ1) is 6.79. The quantitative estimate of drug-likeness (QED) is 0.629. The van der Waals surface area contributed by atoms with Crippen LogP contribution in [0.3, 0.4) is 0 Å². The molecule has 1 aliphatic heterocycles. The van der Waals surface area contributed by atoms with Crippen LogP contribution in [-0.2, 0) is 9.47 Å². The molecule has 14 heavy (non-hydrogen) atoms. The van der Waals surface area contributed by atoms with Gasteiger partial charge in [-0.25, -0.2) is 0 Å². The topological polar surface area (TPSA) is 18.5 Å². The standard InChI is InChI=1S/C12H20O2/c1-3-5-6-12(13-9-10-14-12)11(4-2)7-8-11/h4H,2-3,5-10H2,1H3. The average molecular weight is 196 g/mol. The lowest BCUT2D eigenvalue weighted by atomic mass is 9.90. The molecule has 0 spiro atoms. The van der Waals surface area contributed by atoms with Gasteiger partial charge in [-0.2, -0.15) is 0 Å². The Balaban J connectivity index is 2.09. The van der Waals surface area contributed by atoms with E-state index < -0.39 is 0 Å². The van der Waals surface area contributed by atoms with Crippen LogP contribution in [0.15, 0.2) is 12.7 Å². The summed E-state index contributed by atoms with van der Waals surface area (Å²) in [5, 5.41) is 0. The van der Waals surface area contributed by atoms with Crippen LogP contribution in [0.4, 0.5) is 0 Å². The van der Waals surface area contributed by atoms with E-state index in [2.05, 4.69) is 13.5 Å². The van der Waals surface area contributed by atoms with Crippen LogP contribution >= 0.6 is 0 Å². The highest BCUT2D eigenvalue weighted by Crippen LogP contribution is 2.59. The molecular formula is C12H20O2. The number of rotatable bonds is 5. The van der Waals surface area contributed by atoms with E-state index >= 15 is 0 Å². The van der Waals surface area contributed by atoms with E-state index in [0.717, 1.165) is 19.6 Å². The van der Waals surface area contributed by atoms with Gasteiger partial charge in [0.15, 0.2) is 5.79 Å². The Hall–Kier alpha value is -0.340. The van der Waals surface area contributed by atoms with Gasteiger partial charge in [-0.1, -0.05) is 19.4 Å². The molecule has 0 amide bonds. The number of hydrogen-bond acceptors (Lipinski definition) is 2. The van der Waals surface area contributed by atoms with Crippen molar-refractivity contribution in [1.29, 1.82) is 0 Å². The fraction of sp³-hybridized carbons (Fsp3) is 0.833. The van der Waals surface area contributed by atoms with Crippen molar-refractivity contribution in [1.82, 2.24) is 0 Å². The van der Waals surface area contributed by atoms with Gasteiger partial charge in [0.05, 0.1) is 13.2 Å². The molecule has 80 valence electrons. The van der Waals surface area contributed by atoms with Crippen LogP contribution in [0, 0.1) is 5.41 Å². The Morgan fingerprint density at radius 3 is 2.36 bits per heavy atom. The van der Waals surface area contributed by atoms with Crippen molar-refractivity contribution in [3.05, 3.63) is 12.7 Å². The third-order valence-corrected chi connectivity index (χ3v) is 3.55. The molecule has 2 nitrogen and oxygen atoms in total. The molecule has 2 aliphatic rings. The summed E-state index contributed by atoms with van der Waals surface area (Å²) in [5.74, 6) is -0.315. The molecule has 2 rings (SSSR count). The lowest BCUT2D eigenvalue weighted by Crippen LogP contribution is -2.39. The maximum absolute atomic E-state index is 5.87. The molecule has 0 radical (unpaired) electrons. The van der Waals surface area contributed by atoms with Crippen LogP contribution in [0.1, 0.15) is 39.0 Å². The first-order valence-corrected chi connectivity index (χ1v) is 5.70. The third-order valence-electron chi connectivity index (χ3n) is 3.55. The van der Waals surface area contributed by atoms with Gasteiger partial charge >= 0.3 is 0 Å². The van der Waals surface area contributed by atoms with Gasteiger partial charge in [-0.15, -0.1) is 6.58 Å². The SMILES string of the molecule is C=CC1(C2(CCCC)OCCO2)CC1. The van der Waals surface area contributed by atoms with E-state index in [1.807, 2.05) is 6.08 Å². The van der Waals surface area contributed by atoms with E-state index in [1.54, 1.807) is 0 Å². The van der Waals surface area contributed by atoms with E-state index in [-0.39, 0.29) is 11.2 Å². The zero-order valence-electron chi connectivity index (χ0n) is 9.05. The predicted molar refractivity (Wildman–Crippen MR) is 56.0 cm³/mol. The zero-order valence-corrected chi connectivity index (χ0v) is 9.05. The van der Waals surface area contributed by atoms with Crippen LogP contribution in [0.2, 0.25) is 0 Å². The van der Waals surface area contributed by atoms with E-state index in [4.69, 9.17) is 9.47 Å². The minimum Gasteiger partial charge on any atom is -0.347 e. The minimum atomic E-state index is -0.315. The summed E-state index contributed by atoms with van der Waals surface area (Å²) in [6.45, 7) is 7.64. The number of hydrogen-bond donors (Lipinski definition) is 0. The highest BCUT2D eigenvalue weighted by molar-refractivity contribution is 5.15. The van der Waals surface area contributed by atoms with Gasteiger partial charge < -0.3 is 9.47 Å². The number of unbranched alkanes of at least 4 members (excludes halogenated alkanes) is 1. The molecule has 2 heteroatoms. The van der Waals surface area contributed by atoms with Gasteiger partial charge in [-0.3, -0.25) is 0 Å². The fourth-order valence-electron chi connectivity index (χ4n) is 2.42. The summed E-state index contributed by atoms with van der Waals surface area (Å²) in [4.78, 5) is 0. The Labute approximate surface area is 86.3 Å². The van der Waals surface area contributed by atoms with Crippen LogP contribution in [0.5, 0.6) is 0 Å². The summed E-state index contributed by atoms with van der Waals surface area (Å²) in [6, 6.07) is 0. The van der Waals surface area contributed by atoms with Crippen molar-refractivity contribution in [2.24, 2.45) is 5.41 Å². The Morgan fingerprint density at radius 1 is 1.29 bits per heavy atom. The Kier molecular flexibility index (Phi) is 2.67. The molecule has 0 N–H and O–H groups in total. The summed E-state index contributed by atoms with van der Waals surface area (Å²) in [6.07, 6.45) is 7.81. The second-order valence-electron chi connectivity index (χ2n) is 4.41. The predicted octanol–water partition coefficient (Wildman–Crippen LogP) is 2.89. The van der Waals surface area contributed by atoms with E-state index in [0.29, 0.717) is 0 Å². The van der Waals surface area contributed by atoms with Crippen molar-refractivity contribution in [3.8, 4) is 0 Å². The van der Waals surface area contributed by atoms with Gasteiger partial charge in [0.2, 0.25) is 0 Å². The smallest absolute Gasteiger partial charge is 0.177 e. The molecule has 2 fully saturated rings. The molecule has 0 bridgehead atoms. The van der Waals surface area contributed by atoms with Crippen molar-refractivity contribution < 1.29 is 9.47 Å². The van der Waals surface area contributed by atoms with E-state index in [1.165, 1.54) is 25.7 Å². The molecule has 1 aliphatic carbocycles. The van der Waals surface area contributed by atoms with Crippen molar-refractivity contribution >= 4 is 0 Å². The lowest BCUT2D eigenvalue weighted by molar-refractivity contribution is -0.199. The van der Waals surface area contributed by atoms with Crippen LogP contribution in [0.25, 0.3) is 0 Å². The Morgan fingerprint density at radius 2 is 1.93 bits per heavy atom. The maximum Gasteiger partial charge on any atom is 0.177 e. The summed E-state index contributed by atoms with van der Waals surface area (Å²) in [5.41, 5.74) is 0.138. The van der Waals surface area contributed by atoms with Crippen LogP contribution in [-0.4, -0.2) is 19.0 Å². The van der Waals surface area contributed by atoms with Gasteiger partial charge in [-0.05, 0) is 19.3 Å². The first-order valence-electron chi connectivity index (χ1n) is 5.70. The highest BCUT2D eigenvalue weighted by atomic mass is 16.7. The zero-order chi connectivity index (χ0) is 10.1. The number of ether oxygens (including phenoxy) is 2. The van der Waals surface area contributed by atoms with Crippen molar-refractivity contribution in [3.63, 3.8) is 0 Å². The molecule has 1 saturated carbocycles. The highest BCUT2D eigenvalue weighted by Gasteiger charge is 2.60. The molecular weight excluding hydrogens is 176 g/mol. The molecule has 0 aromatic rings. The van der Waals surface area contributed by atoms with Gasteiger partial charge in [0.25, 0.3) is 0 Å². The monoisotopic (exact) mass is 196 g/mol. The summed E-state index contributed by atoms with van der Waals surface area (Å²) < 4.78 is 11.7. The molecule has 0 aromatic heterocycles. The van der Waals surface area contributed by atoms with Crippen molar-refractivity contribution in [2.45, 2.75) is 44.8 Å². The second-order valence-corrected chi connectivity index (χ2v) is 4.41. The minimum absolute atomic E-state index is 0.138. The Bertz CT molecular complexity index is 212. The summed E-state index contributed by atoms with van der Waals surface area (Å²) in [7, 11) is 0. The largest absolute Gasteiger partial charge is 0.347 e. The summed E-state index contributed by atoms with van der Waals surface area (Å²) >= 11 is 0. The molecule has 1 saturated heterocycles. The first kappa shape index (κ1) is 10.2. The maximum atomic E-state index is 5.87. The van der Waals surface area contributed by atoms with Gasteiger partial charge in [0.1, 0.15) is 0 Å². The molecule has 1 heterocycles. The van der Waals surface area contributed by atoms with Crippen LogP contribution < -0.4 is 0 Å². The molecule has 0 aromatic carbocycles. The molecule has 0 atom stereocenters.